The fourth-order valence-corrected chi connectivity index (χ4v) is 4.62. The maximum Gasteiger partial charge on any atom is 0.199 e. The minimum Gasteiger partial charge on any atom is -0.508 e. The summed E-state index contributed by atoms with van der Waals surface area (Å²) in [5.74, 6) is 2.41. The Balaban J connectivity index is 1.55. The van der Waals surface area contributed by atoms with Gasteiger partial charge in [0.1, 0.15) is 11.4 Å². The van der Waals surface area contributed by atoms with Crippen molar-refractivity contribution >= 4 is 0 Å². The molecule has 2 unspecified atom stereocenters. The van der Waals surface area contributed by atoms with Gasteiger partial charge < -0.3 is 9.52 Å². The third-order valence-corrected chi connectivity index (χ3v) is 6.38. The van der Waals surface area contributed by atoms with Gasteiger partial charge in [-0.15, -0.1) is 0 Å². The van der Waals surface area contributed by atoms with E-state index in [1.54, 1.807) is 6.07 Å². The zero-order valence-electron chi connectivity index (χ0n) is 18.2. The Morgan fingerprint density at radius 3 is 2.41 bits per heavy atom. The van der Waals surface area contributed by atoms with Crippen molar-refractivity contribution in [1.29, 1.82) is 0 Å². The molecule has 3 nitrogen and oxygen atoms in total. The molecule has 1 aromatic heterocycles. The van der Waals surface area contributed by atoms with Crippen LogP contribution in [0.4, 0.5) is 0 Å². The van der Waals surface area contributed by atoms with E-state index in [9.17, 15) is 5.11 Å². The zero-order chi connectivity index (χ0) is 21.9. The third-order valence-electron chi connectivity index (χ3n) is 6.38. The fourth-order valence-electron chi connectivity index (χ4n) is 4.62. The van der Waals surface area contributed by atoms with Gasteiger partial charge in [0, 0.05) is 17.0 Å². The van der Waals surface area contributed by atoms with Crippen molar-refractivity contribution in [2.45, 2.75) is 32.1 Å². The first-order chi connectivity index (χ1) is 15.7. The topological polar surface area (TPSA) is 46.3 Å². The van der Waals surface area contributed by atoms with Crippen LogP contribution >= 0.6 is 0 Å². The predicted molar refractivity (Wildman–Crippen MR) is 129 cm³/mol. The summed E-state index contributed by atoms with van der Waals surface area (Å²) in [7, 11) is 0. The van der Waals surface area contributed by atoms with Gasteiger partial charge in [-0.3, -0.25) is 0 Å². The minimum atomic E-state index is 0.196. The third kappa shape index (κ3) is 4.11. The van der Waals surface area contributed by atoms with Gasteiger partial charge in [-0.2, -0.15) is 0 Å². The number of phenols is 1. The molecule has 4 aromatic rings. The summed E-state index contributed by atoms with van der Waals surface area (Å²) in [5.41, 5.74) is 5.37. The van der Waals surface area contributed by atoms with Gasteiger partial charge in [-0.25, -0.2) is 4.98 Å². The molecule has 1 aliphatic rings. The van der Waals surface area contributed by atoms with Crippen LogP contribution in [0.5, 0.6) is 5.75 Å². The summed E-state index contributed by atoms with van der Waals surface area (Å²) in [6, 6.07) is 26.1. The standard InChI is InChI=1S/C29H27NO2/c1-20-16-17-25(31)19-24(20)18-23-14-8-9-15-26(23)29-30-27(21-10-4-2-5-11-21)28(32-29)22-12-6-3-7-13-22/h2-8,10-14,16-17,19,23,26,31H,9,15,18H2,1H3. The molecule has 1 heterocycles. The Hall–Kier alpha value is -3.59. The van der Waals surface area contributed by atoms with E-state index in [0.717, 1.165) is 47.7 Å². The number of allylic oxidation sites excluding steroid dienone is 2. The Kier molecular flexibility index (Phi) is 5.64. The van der Waals surface area contributed by atoms with Crippen molar-refractivity contribution < 1.29 is 9.52 Å². The first-order valence-corrected chi connectivity index (χ1v) is 11.3. The lowest BCUT2D eigenvalue weighted by molar-refractivity contribution is 0.364. The Labute approximate surface area is 189 Å². The second-order valence-electron chi connectivity index (χ2n) is 8.55. The van der Waals surface area contributed by atoms with Gasteiger partial charge in [0.05, 0.1) is 0 Å². The molecular formula is C29H27NO2. The van der Waals surface area contributed by atoms with E-state index in [0.29, 0.717) is 5.75 Å². The highest BCUT2D eigenvalue weighted by Gasteiger charge is 2.30. The Bertz CT molecular complexity index is 1170. The maximum absolute atomic E-state index is 9.99. The molecule has 0 spiro atoms. The molecule has 5 rings (SSSR count). The van der Waals surface area contributed by atoms with Crippen LogP contribution in [-0.4, -0.2) is 10.1 Å². The predicted octanol–water partition coefficient (Wildman–Crippen LogP) is 7.32. The highest BCUT2D eigenvalue weighted by Crippen LogP contribution is 2.41. The molecule has 0 fully saturated rings. The summed E-state index contributed by atoms with van der Waals surface area (Å²) in [6.07, 6.45) is 7.43. The van der Waals surface area contributed by atoms with E-state index >= 15 is 0 Å². The molecule has 160 valence electrons. The average molecular weight is 422 g/mol. The molecule has 0 saturated carbocycles. The van der Waals surface area contributed by atoms with Crippen molar-refractivity contribution in [3.8, 4) is 28.3 Å². The monoisotopic (exact) mass is 421 g/mol. The van der Waals surface area contributed by atoms with Crippen molar-refractivity contribution in [3.63, 3.8) is 0 Å². The molecule has 0 amide bonds. The van der Waals surface area contributed by atoms with Crippen molar-refractivity contribution in [2.24, 2.45) is 5.92 Å². The molecule has 2 atom stereocenters. The number of hydrogen-bond donors (Lipinski definition) is 1. The molecular weight excluding hydrogens is 394 g/mol. The van der Waals surface area contributed by atoms with Crippen LogP contribution in [0.25, 0.3) is 22.6 Å². The lowest BCUT2D eigenvalue weighted by atomic mass is 9.79. The molecule has 0 radical (unpaired) electrons. The molecule has 3 heteroatoms. The van der Waals surface area contributed by atoms with Crippen LogP contribution in [0, 0.1) is 12.8 Å². The van der Waals surface area contributed by atoms with Crippen LogP contribution < -0.4 is 0 Å². The SMILES string of the molecule is Cc1ccc(O)cc1CC1C=CCCC1c1nc(-c2ccccc2)c(-c2ccccc2)o1. The number of aryl methyl sites for hydroxylation is 1. The Morgan fingerprint density at radius 2 is 1.66 bits per heavy atom. The number of phenolic OH excluding ortho intramolecular Hbond substituents is 1. The van der Waals surface area contributed by atoms with Crippen LogP contribution in [0.15, 0.2) is 95.4 Å². The molecule has 0 saturated heterocycles. The van der Waals surface area contributed by atoms with Crippen molar-refractivity contribution in [1.82, 2.24) is 4.98 Å². The highest BCUT2D eigenvalue weighted by atomic mass is 16.4. The molecule has 32 heavy (non-hydrogen) atoms. The van der Waals surface area contributed by atoms with E-state index in [1.807, 2.05) is 48.5 Å². The largest absolute Gasteiger partial charge is 0.508 e. The molecule has 1 aliphatic carbocycles. The lowest BCUT2D eigenvalue weighted by Gasteiger charge is -2.26. The fraction of sp³-hybridized carbons (Fsp3) is 0.207. The number of benzene rings is 3. The first kappa shape index (κ1) is 20.3. The minimum absolute atomic E-state index is 0.196. The number of nitrogens with zero attached hydrogens (tertiary/aromatic N) is 1. The smallest absolute Gasteiger partial charge is 0.199 e. The van der Waals surface area contributed by atoms with Crippen LogP contribution in [0.1, 0.15) is 35.8 Å². The van der Waals surface area contributed by atoms with Gasteiger partial charge in [-0.05, 0) is 55.4 Å². The number of oxazole rings is 1. The zero-order valence-corrected chi connectivity index (χ0v) is 18.2. The van der Waals surface area contributed by atoms with E-state index in [1.165, 1.54) is 11.1 Å². The Morgan fingerprint density at radius 1 is 0.938 bits per heavy atom. The van der Waals surface area contributed by atoms with E-state index in [-0.39, 0.29) is 11.8 Å². The van der Waals surface area contributed by atoms with Gasteiger partial charge in [0.2, 0.25) is 0 Å². The number of hydrogen-bond acceptors (Lipinski definition) is 3. The summed E-state index contributed by atoms with van der Waals surface area (Å²) in [5, 5.41) is 9.99. The summed E-state index contributed by atoms with van der Waals surface area (Å²) >= 11 is 0. The lowest BCUT2D eigenvalue weighted by Crippen LogP contribution is -2.17. The molecule has 1 N–H and O–H groups in total. The number of aromatic hydroxyl groups is 1. The van der Waals surface area contributed by atoms with Gasteiger partial charge >= 0.3 is 0 Å². The molecule has 3 aromatic carbocycles. The average Bonchev–Trinajstić information content (AvgIpc) is 3.28. The highest BCUT2D eigenvalue weighted by molar-refractivity contribution is 5.76. The van der Waals surface area contributed by atoms with E-state index < -0.39 is 0 Å². The summed E-state index contributed by atoms with van der Waals surface area (Å²) in [4.78, 5) is 5.06. The normalized spacial score (nSPS) is 18.0. The number of aromatic nitrogens is 1. The van der Waals surface area contributed by atoms with Crippen molar-refractivity contribution in [3.05, 3.63) is 108 Å². The molecule has 0 bridgehead atoms. The van der Waals surface area contributed by atoms with E-state index in [4.69, 9.17) is 9.40 Å². The summed E-state index contributed by atoms with van der Waals surface area (Å²) < 4.78 is 6.52. The van der Waals surface area contributed by atoms with Crippen LogP contribution in [0.3, 0.4) is 0 Å². The van der Waals surface area contributed by atoms with Crippen LogP contribution in [0.2, 0.25) is 0 Å². The summed E-state index contributed by atoms with van der Waals surface area (Å²) in [6.45, 7) is 2.10. The van der Waals surface area contributed by atoms with Gasteiger partial charge in [-0.1, -0.05) is 78.9 Å². The second-order valence-corrected chi connectivity index (χ2v) is 8.55. The van der Waals surface area contributed by atoms with Crippen LogP contribution in [-0.2, 0) is 6.42 Å². The number of rotatable bonds is 5. The quantitative estimate of drug-likeness (QED) is 0.344. The van der Waals surface area contributed by atoms with E-state index in [2.05, 4.69) is 43.3 Å². The maximum atomic E-state index is 9.99. The second kappa shape index (κ2) is 8.88. The van der Waals surface area contributed by atoms with Gasteiger partial charge in [0.15, 0.2) is 11.7 Å². The van der Waals surface area contributed by atoms with Gasteiger partial charge in [0.25, 0.3) is 0 Å². The first-order valence-electron chi connectivity index (χ1n) is 11.3. The molecule has 0 aliphatic heterocycles. The van der Waals surface area contributed by atoms with Crippen molar-refractivity contribution in [2.75, 3.05) is 0 Å².